The Hall–Kier alpha value is -3.75. The first-order chi connectivity index (χ1) is 14.9. The molecule has 0 radical (unpaired) electrons. The summed E-state index contributed by atoms with van der Waals surface area (Å²) < 4.78 is 53.8. The van der Waals surface area contributed by atoms with Crippen LogP contribution in [-0.2, 0) is 12.9 Å². The van der Waals surface area contributed by atoms with Crippen LogP contribution >= 0.6 is 0 Å². The number of halogens is 4. The highest BCUT2D eigenvalue weighted by molar-refractivity contribution is 5.97. The van der Waals surface area contributed by atoms with E-state index >= 15 is 0 Å². The van der Waals surface area contributed by atoms with Gasteiger partial charge in [0.05, 0.1) is 17.3 Å². The van der Waals surface area contributed by atoms with Crippen LogP contribution in [0.3, 0.4) is 0 Å². The first kappa shape index (κ1) is 20.5. The Balaban J connectivity index is 1.76. The minimum absolute atomic E-state index is 0.142. The summed E-state index contributed by atoms with van der Waals surface area (Å²) in [4.78, 5) is 23.8. The molecule has 0 saturated carbocycles. The first-order valence-electron chi connectivity index (χ1n) is 9.28. The molecule has 31 heavy (non-hydrogen) atoms. The normalized spacial score (nSPS) is 12.6. The third-order valence-electron chi connectivity index (χ3n) is 4.80. The highest BCUT2D eigenvalue weighted by Gasteiger charge is 2.37. The lowest BCUT2D eigenvalue weighted by Crippen LogP contribution is -2.32. The average Bonchev–Trinajstić information content (AvgIpc) is 3.21. The summed E-state index contributed by atoms with van der Waals surface area (Å²) in [6.07, 6.45) is -1.89. The number of aromatic amines is 1. The molecule has 5 nitrogen and oxygen atoms in total. The summed E-state index contributed by atoms with van der Waals surface area (Å²) in [5.74, 6) is -0.628. The summed E-state index contributed by atoms with van der Waals surface area (Å²) in [5.41, 5.74) is 0.00391. The van der Waals surface area contributed by atoms with E-state index in [9.17, 15) is 22.4 Å². The van der Waals surface area contributed by atoms with Gasteiger partial charge in [0.25, 0.3) is 5.91 Å². The lowest BCUT2D eigenvalue weighted by Gasteiger charge is -2.22. The minimum Gasteiger partial charge on any atom is -0.338 e. The molecule has 1 amide bonds. The summed E-state index contributed by atoms with van der Waals surface area (Å²) in [6, 6.07) is 11.8. The van der Waals surface area contributed by atoms with E-state index in [0.29, 0.717) is 22.2 Å². The molecule has 3 aromatic heterocycles. The molecule has 0 unspecified atom stereocenters. The fraction of sp³-hybridized carbons (Fsp3) is 0.136. The Labute approximate surface area is 174 Å². The molecule has 0 aliphatic carbocycles. The van der Waals surface area contributed by atoms with E-state index < -0.39 is 30.4 Å². The van der Waals surface area contributed by atoms with Gasteiger partial charge in [0.1, 0.15) is 18.0 Å². The second-order valence-electron chi connectivity index (χ2n) is 6.84. The van der Waals surface area contributed by atoms with E-state index in [4.69, 9.17) is 0 Å². The smallest absolute Gasteiger partial charge is 0.338 e. The van der Waals surface area contributed by atoms with Crippen molar-refractivity contribution in [2.75, 3.05) is 0 Å². The zero-order chi connectivity index (χ0) is 22.0. The molecule has 0 aliphatic heterocycles. The molecule has 1 aromatic carbocycles. The number of fused-ring (bicyclic) bond motifs is 1. The molecule has 0 bridgehead atoms. The van der Waals surface area contributed by atoms with Gasteiger partial charge in [-0.1, -0.05) is 24.3 Å². The molecule has 4 rings (SSSR count). The number of carbonyl (C=O) groups excluding carboxylic acids is 1. The van der Waals surface area contributed by atoms with Crippen LogP contribution in [0.15, 0.2) is 67.0 Å². The molecule has 158 valence electrons. The Bertz CT molecular complexity index is 1190. The van der Waals surface area contributed by atoms with Crippen molar-refractivity contribution in [2.24, 2.45) is 0 Å². The molecule has 9 heteroatoms. The quantitative estimate of drug-likeness (QED) is 0.441. The number of hydrogen-bond donors (Lipinski definition) is 2. The molecule has 0 fully saturated rings. The molecule has 2 N–H and O–H groups in total. The van der Waals surface area contributed by atoms with Crippen LogP contribution < -0.4 is 5.32 Å². The van der Waals surface area contributed by atoms with E-state index in [-0.39, 0.29) is 11.4 Å². The summed E-state index contributed by atoms with van der Waals surface area (Å²) in [6.45, 7) is -0.712. The fourth-order valence-corrected chi connectivity index (χ4v) is 3.28. The van der Waals surface area contributed by atoms with E-state index in [0.717, 1.165) is 6.07 Å². The van der Waals surface area contributed by atoms with Gasteiger partial charge in [0, 0.05) is 17.8 Å². The van der Waals surface area contributed by atoms with Crippen molar-refractivity contribution >= 4 is 16.9 Å². The van der Waals surface area contributed by atoms with Gasteiger partial charge in [-0.25, -0.2) is 9.37 Å². The highest BCUT2D eigenvalue weighted by Crippen LogP contribution is 2.35. The lowest BCUT2D eigenvalue weighted by atomic mass is 9.97. The predicted molar refractivity (Wildman–Crippen MR) is 106 cm³/mol. The molecule has 3 heterocycles. The summed E-state index contributed by atoms with van der Waals surface area (Å²) >= 11 is 0. The van der Waals surface area contributed by atoms with Gasteiger partial charge in [0.2, 0.25) is 0 Å². The second kappa shape index (κ2) is 8.17. The minimum atomic E-state index is -4.67. The Morgan fingerprint density at radius 2 is 1.74 bits per heavy atom. The molecular formula is C22H16F4N4O. The van der Waals surface area contributed by atoms with E-state index in [1.165, 1.54) is 36.5 Å². The predicted octanol–water partition coefficient (Wildman–Crippen LogP) is 4.97. The molecular weight excluding hydrogens is 412 g/mol. The van der Waals surface area contributed by atoms with Crippen molar-refractivity contribution < 1.29 is 22.4 Å². The third kappa shape index (κ3) is 4.25. The van der Waals surface area contributed by atoms with Crippen LogP contribution in [0.4, 0.5) is 17.6 Å². The number of aromatic nitrogens is 3. The zero-order valence-electron chi connectivity index (χ0n) is 15.9. The monoisotopic (exact) mass is 428 g/mol. The number of nitrogens with zero attached hydrogens (tertiary/aromatic N) is 2. The van der Waals surface area contributed by atoms with Gasteiger partial charge in [-0.05, 0) is 41.5 Å². The maximum Gasteiger partial charge on any atom is 0.418 e. The van der Waals surface area contributed by atoms with Gasteiger partial charge in [-0.3, -0.25) is 9.78 Å². The second-order valence-corrected chi connectivity index (χ2v) is 6.84. The van der Waals surface area contributed by atoms with Crippen molar-refractivity contribution in [1.29, 1.82) is 0 Å². The van der Waals surface area contributed by atoms with Gasteiger partial charge in [-0.15, -0.1) is 0 Å². The van der Waals surface area contributed by atoms with Crippen LogP contribution in [-0.4, -0.2) is 20.9 Å². The van der Waals surface area contributed by atoms with Gasteiger partial charge in [-0.2, -0.15) is 13.2 Å². The van der Waals surface area contributed by atoms with Gasteiger partial charge < -0.3 is 10.3 Å². The number of carbonyl (C=O) groups is 1. The molecule has 4 aromatic rings. The van der Waals surface area contributed by atoms with Crippen LogP contribution in [0.2, 0.25) is 0 Å². The number of benzene rings is 1. The topological polar surface area (TPSA) is 70.7 Å². The largest absolute Gasteiger partial charge is 0.418 e. The number of alkyl halides is 4. The summed E-state index contributed by atoms with van der Waals surface area (Å²) in [7, 11) is 0. The van der Waals surface area contributed by atoms with Crippen molar-refractivity contribution in [3.05, 3.63) is 95.1 Å². The number of rotatable bonds is 5. The number of amides is 1. The molecule has 0 spiro atoms. The van der Waals surface area contributed by atoms with Crippen molar-refractivity contribution in [3.63, 3.8) is 0 Å². The highest BCUT2D eigenvalue weighted by atomic mass is 19.4. The maximum absolute atomic E-state index is 13.6. The molecule has 1 atom stereocenters. The van der Waals surface area contributed by atoms with Crippen LogP contribution in [0.1, 0.15) is 38.9 Å². The standard InChI is InChI=1S/C22H16F4N4O/c23-12-13-5-7-14(8-6-13)18(19-16(22(24,25)26)4-2-9-27-19)30-21(31)17-11-15-3-1-10-28-20(15)29-17/h1-11,18H,12H2,(H,28,29)(H,30,31)/t18-/m0/s1. The lowest BCUT2D eigenvalue weighted by molar-refractivity contribution is -0.138. The summed E-state index contributed by atoms with van der Waals surface area (Å²) in [5, 5.41) is 3.31. The van der Waals surface area contributed by atoms with Crippen LogP contribution in [0, 0.1) is 0 Å². The number of pyridine rings is 2. The Morgan fingerprint density at radius 1 is 1.03 bits per heavy atom. The van der Waals surface area contributed by atoms with Gasteiger partial charge in [0.15, 0.2) is 0 Å². The number of nitrogens with one attached hydrogen (secondary N) is 2. The van der Waals surface area contributed by atoms with E-state index in [2.05, 4.69) is 20.3 Å². The maximum atomic E-state index is 13.6. The zero-order valence-corrected chi connectivity index (χ0v) is 15.9. The van der Waals surface area contributed by atoms with Crippen LogP contribution in [0.25, 0.3) is 11.0 Å². The molecule has 0 saturated heterocycles. The van der Waals surface area contributed by atoms with Gasteiger partial charge >= 0.3 is 6.18 Å². The Kier molecular flexibility index (Phi) is 5.41. The van der Waals surface area contributed by atoms with E-state index in [1.807, 2.05) is 0 Å². The molecule has 0 aliphatic rings. The third-order valence-corrected chi connectivity index (χ3v) is 4.80. The first-order valence-corrected chi connectivity index (χ1v) is 9.28. The fourth-order valence-electron chi connectivity index (χ4n) is 3.28. The Morgan fingerprint density at radius 3 is 2.42 bits per heavy atom. The average molecular weight is 428 g/mol. The van der Waals surface area contributed by atoms with Crippen molar-refractivity contribution in [3.8, 4) is 0 Å². The van der Waals surface area contributed by atoms with E-state index in [1.54, 1.807) is 24.4 Å². The van der Waals surface area contributed by atoms with Crippen LogP contribution in [0.5, 0.6) is 0 Å². The van der Waals surface area contributed by atoms with Crippen molar-refractivity contribution in [1.82, 2.24) is 20.3 Å². The SMILES string of the molecule is O=C(N[C@@H](c1ccc(CF)cc1)c1ncccc1C(F)(F)F)c1cc2cccnc2[nH]1. The number of hydrogen-bond acceptors (Lipinski definition) is 3. The number of H-pyrrole nitrogens is 1. The van der Waals surface area contributed by atoms with Crippen molar-refractivity contribution in [2.45, 2.75) is 18.9 Å².